The Hall–Kier alpha value is -0.580. The number of nitrogens with zero attached hydrogens (tertiary/aromatic N) is 3. The quantitative estimate of drug-likeness (QED) is 0.836. The molecule has 0 amide bonds. The van der Waals surface area contributed by atoms with E-state index < -0.39 is 0 Å². The Morgan fingerprint density at radius 3 is 2.42 bits per heavy atom. The van der Waals surface area contributed by atoms with Gasteiger partial charge in [0.2, 0.25) is 0 Å². The number of rotatable bonds is 7. The van der Waals surface area contributed by atoms with Gasteiger partial charge in [0.1, 0.15) is 0 Å². The predicted molar refractivity (Wildman–Crippen MR) is 81.8 cm³/mol. The Morgan fingerprint density at radius 2 is 1.95 bits per heavy atom. The zero-order valence-electron chi connectivity index (χ0n) is 13.0. The van der Waals surface area contributed by atoms with E-state index in [1.165, 1.54) is 0 Å². The van der Waals surface area contributed by atoms with Crippen LogP contribution in [-0.2, 0) is 19.5 Å². The molecule has 1 aromatic heterocycles. The van der Waals surface area contributed by atoms with E-state index in [-0.39, 0.29) is 5.54 Å². The van der Waals surface area contributed by atoms with Gasteiger partial charge in [-0.3, -0.25) is 4.68 Å². The monoisotopic (exact) mass is 286 g/mol. The number of aromatic nitrogens is 2. The fourth-order valence-corrected chi connectivity index (χ4v) is 2.17. The molecule has 0 saturated carbocycles. The van der Waals surface area contributed by atoms with Gasteiger partial charge in [-0.1, -0.05) is 18.5 Å². The van der Waals surface area contributed by atoms with Crippen molar-refractivity contribution in [2.24, 2.45) is 0 Å². The van der Waals surface area contributed by atoms with Gasteiger partial charge < -0.3 is 10.2 Å². The molecule has 1 N–H and O–H groups in total. The third-order valence-corrected chi connectivity index (χ3v) is 4.19. The lowest BCUT2D eigenvalue weighted by Gasteiger charge is -2.32. The maximum absolute atomic E-state index is 6.39. The summed E-state index contributed by atoms with van der Waals surface area (Å²) >= 11 is 6.39. The highest BCUT2D eigenvalue weighted by Crippen LogP contribution is 2.21. The molecule has 0 aliphatic rings. The van der Waals surface area contributed by atoms with E-state index in [1.807, 2.05) is 4.68 Å². The third-order valence-electron chi connectivity index (χ3n) is 3.75. The summed E-state index contributed by atoms with van der Waals surface area (Å²) in [6, 6.07) is 0. The largest absolute Gasteiger partial charge is 0.309 e. The lowest BCUT2D eigenvalue weighted by atomic mass is 10.0. The number of aryl methyl sites for hydroxylation is 2. The first-order valence-electron chi connectivity index (χ1n) is 6.95. The lowest BCUT2D eigenvalue weighted by molar-refractivity contribution is 0.189. The minimum absolute atomic E-state index is 0.122. The summed E-state index contributed by atoms with van der Waals surface area (Å²) in [5.41, 5.74) is 2.21. The highest BCUT2D eigenvalue weighted by Gasteiger charge is 2.20. The second-order valence-corrected chi connectivity index (χ2v) is 6.07. The van der Waals surface area contributed by atoms with Crippen molar-refractivity contribution in [1.82, 2.24) is 20.0 Å². The Balaban J connectivity index is 2.70. The van der Waals surface area contributed by atoms with Crippen LogP contribution in [0.1, 0.15) is 39.1 Å². The summed E-state index contributed by atoms with van der Waals surface area (Å²) < 4.78 is 2.00. The van der Waals surface area contributed by atoms with E-state index in [9.17, 15) is 0 Å². The van der Waals surface area contributed by atoms with Crippen molar-refractivity contribution in [3.05, 3.63) is 16.4 Å². The van der Waals surface area contributed by atoms with Gasteiger partial charge >= 0.3 is 0 Å². The number of hydrogen-bond donors (Lipinski definition) is 1. The minimum atomic E-state index is 0.122. The fourth-order valence-electron chi connectivity index (χ4n) is 1.83. The van der Waals surface area contributed by atoms with Gasteiger partial charge in [-0.2, -0.15) is 5.10 Å². The topological polar surface area (TPSA) is 33.1 Å². The van der Waals surface area contributed by atoms with Crippen LogP contribution in [0.4, 0.5) is 0 Å². The first kappa shape index (κ1) is 16.5. The Bertz CT molecular complexity index is 410. The van der Waals surface area contributed by atoms with E-state index in [0.717, 1.165) is 42.5 Å². The van der Waals surface area contributed by atoms with Gasteiger partial charge in [0.15, 0.2) is 0 Å². The molecule has 0 radical (unpaired) electrons. The summed E-state index contributed by atoms with van der Waals surface area (Å²) in [4.78, 5) is 2.22. The highest BCUT2D eigenvalue weighted by atomic mass is 35.5. The van der Waals surface area contributed by atoms with E-state index in [4.69, 9.17) is 11.6 Å². The van der Waals surface area contributed by atoms with E-state index in [2.05, 4.69) is 57.1 Å². The predicted octanol–water partition coefficient (Wildman–Crippen LogP) is 2.55. The lowest BCUT2D eigenvalue weighted by Crippen LogP contribution is -2.46. The molecular weight excluding hydrogens is 260 g/mol. The first-order chi connectivity index (χ1) is 8.83. The van der Waals surface area contributed by atoms with Gasteiger partial charge in [0, 0.05) is 25.2 Å². The van der Waals surface area contributed by atoms with Crippen LogP contribution in [0, 0.1) is 0 Å². The molecule has 4 nitrogen and oxygen atoms in total. The average Bonchev–Trinajstić information content (AvgIpc) is 2.66. The second-order valence-electron chi connectivity index (χ2n) is 5.69. The van der Waals surface area contributed by atoms with Crippen LogP contribution >= 0.6 is 11.6 Å². The number of likely N-dealkylation sites (N-methyl/N-ethyl adjacent to an activating group) is 1. The molecule has 1 rings (SSSR count). The molecule has 0 bridgehead atoms. The molecule has 0 atom stereocenters. The van der Waals surface area contributed by atoms with Gasteiger partial charge in [-0.05, 0) is 41.3 Å². The zero-order valence-corrected chi connectivity index (χ0v) is 13.8. The third kappa shape index (κ3) is 3.94. The standard InChI is InChI=1S/C14H27ClN4/c1-7-11-13(15)12(19(8-2)17-11)9-16-10-14(3,4)18(5)6/h16H,7-10H2,1-6H3. The molecule has 1 aromatic rings. The number of hydrogen-bond acceptors (Lipinski definition) is 3. The maximum Gasteiger partial charge on any atom is 0.0863 e. The van der Waals surface area contributed by atoms with Crippen molar-refractivity contribution >= 4 is 11.6 Å². The van der Waals surface area contributed by atoms with Crippen LogP contribution in [0.3, 0.4) is 0 Å². The molecule has 0 spiro atoms. The molecule has 0 saturated heterocycles. The van der Waals surface area contributed by atoms with Gasteiger partial charge in [-0.15, -0.1) is 0 Å². The van der Waals surface area contributed by atoms with Crippen molar-refractivity contribution in [2.45, 2.75) is 52.7 Å². The number of halogens is 1. The fraction of sp³-hybridized carbons (Fsp3) is 0.786. The van der Waals surface area contributed by atoms with Crippen molar-refractivity contribution in [2.75, 3.05) is 20.6 Å². The van der Waals surface area contributed by atoms with Crippen molar-refractivity contribution in [3.63, 3.8) is 0 Å². The molecule has 0 fully saturated rings. The van der Waals surface area contributed by atoms with Crippen LogP contribution in [0.5, 0.6) is 0 Å². The van der Waals surface area contributed by atoms with Crippen molar-refractivity contribution in [3.8, 4) is 0 Å². The number of nitrogens with one attached hydrogen (secondary N) is 1. The molecule has 110 valence electrons. The summed E-state index contributed by atoms with van der Waals surface area (Å²) in [6.45, 7) is 11.1. The molecule has 5 heteroatoms. The van der Waals surface area contributed by atoms with E-state index in [0.29, 0.717) is 0 Å². The summed E-state index contributed by atoms with van der Waals surface area (Å²) in [5, 5.41) is 8.84. The van der Waals surface area contributed by atoms with Gasteiger partial charge in [0.25, 0.3) is 0 Å². The molecule has 0 aliphatic carbocycles. The van der Waals surface area contributed by atoms with Crippen LogP contribution in [0.15, 0.2) is 0 Å². The van der Waals surface area contributed by atoms with Gasteiger partial charge in [-0.25, -0.2) is 0 Å². The van der Waals surface area contributed by atoms with Crippen LogP contribution < -0.4 is 5.32 Å². The second kappa shape index (κ2) is 6.73. The van der Waals surface area contributed by atoms with Crippen LogP contribution in [0.2, 0.25) is 5.02 Å². The summed E-state index contributed by atoms with van der Waals surface area (Å²) in [6.07, 6.45) is 0.877. The summed E-state index contributed by atoms with van der Waals surface area (Å²) in [7, 11) is 4.19. The van der Waals surface area contributed by atoms with Crippen LogP contribution in [-0.4, -0.2) is 40.9 Å². The molecule has 0 aromatic carbocycles. The Labute approximate surface area is 122 Å². The van der Waals surface area contributed by atoms with E-state index >= 15 is 0 Å². The maximum atomic E-state index is 6.39. The zero-order chi connectivity index (χ0) is 14.6. The Kier molecular flexibility index (Phi) is 5.83. The minimum Gasteiger partial charge on any atom is -0.309 e. The van der Waals surface area contributed by atoms with Crippen LogP contribution in [0.25, 0.3) is 0 Å². The van der Waals surface area contributed by atoms with Gasteiger partial charge in [0.05, 0.1) is 16.4 Å². The summed E-state index contributed by atoms with van der Waals surface area (Å²) in [5.74, 6) is 0. The smallest absolute Gasteiger partial charge is 0.0863 e. The average molecular weight is 287 g/mol. The molecule has 0 aliphatic heterocycles. The Morgan fingerprint density at radius 1 is 1.32 bits per heavy atom. The SMILES string of the molecule is CCc1nn(CC)c(CNCC(C)(C)N(C)C)c1Cl. The molecule has 0 unspecified atom stereocenters. The highest BCUT2D eigenvalue weighted by molar-refractivity contribution is 6.31. The molecular formula is C14H27ClN4. The van der Waals surface area contributed by atoms with Crippen molar-refractivity contribution < 1.29 is 0 Å². The molecule has 1 heterocycles. The first-order valence-corrected chi connectivity index (χ1v) is 7.33. The van der Waals surface area contributed by atoms with Crippen molar-refractivity contribution in [1.29, 1.82) is 0 Å². The normalized spacial score (nSPS) is 12.4. The van der Waals surface area contributed by atoms with E-state index in [1.54, 1.807) is 0 Å². The molecule has 19 heavy (non-hydrogen) atoms.